The van der Waals surface area contributed by atoms with Gasteiger partial charge in [-0.15, -0.1) is 0 Å². The van der Waals surface area contributed by atoms with E-state index in [0.29, 0.717) is 17.3 Å². The largest absolute Gasteiger partial charge is 0.343 e. The molecule has 1 atom stereocenters. The Morgan fingerprint density at radius 3 is 2.80 bits per heavy atom. The zero-order valence-electron chi connectivity index (χ0n) is 13.8. The molecule has 0 radical (unpaired) electrons. The highest BCUT2D eigenvalue weighted by Gasteiger charge is 2.25. The molecule has 1 fully saturated rings. The second kappa shape index (κ2) is 6.72. The molecule has 0 saturated heterocycles. The lowest BCUT2D eigenvalue weighted by Crippen LogP contribution is -2.26. The Hall–Kier alpha value is -2.60. The maximum absolute atomic E-state index is 12.3. The van der Waals surface area contributed by atoms with E-state index in [1.54, 1.807) is 12.1 Å². The van der Waals surface area contributed by atoms with Crippen LogP contribution in [0.15, 0.2) is 48.7 Å². The van der Waals surface area contributed by atoms with Gasteiger partial charge in [0.25, 0.3) is 5.91 Å². The van der Waals surface area contributed by atoms with E-state index in [0.717, 1.165) is 16.3 Å². The molecular weight excluding hydrogens is 332 g/mol. The fourth-order valence-corrected chi connectivity index (χ4v) is 3.32. The Balaban J connectivity index is 1.49. The first kappa shape index (κ1) is 15.9. The number of pyridine rings is 1. The van der Waals surface area contributed by atoms with Crippen LogP contribution in [0.3, 0.4) is 0 Å². The average Bonchev–Trinajstić information content (AvgIpc) is 3.39. The molecule has 1 aliphatic carbocycles. The molecule has 0 spiro atoms. The van der Waals surface area contributed by atoms with Gasteiger partial charge in [-0.05, 0) is 55.6 Å². The minimum atomic E-state index is -0.191. The van der Waals surface area contributed by atoms with E-state index in [4.69, 9.17) is 0 Å². The number of carbonyl (C=O) groups is 1. The van der Waals surface area contributed by atoms with Crippen molar-refractivity contribution in [3.8, 4) is 11.4 Å². The molecule has 126 valence electrons. The molecular formula is C19H18N4OS. The van der Waals surface area contributed by atoms with Gasteiger partial charge in [0.15, 0.2) is 5.82 Å². The summed E-state index contributed by atoms with van der Waals surface area (Å²) >= 11 is 1.32. The Morgan fingerprint density at radius 1 is 1.24 bits per heavy atom. The second-order valence-corrected chi connectivity index (χ2v) is 7.04. The summed E-state index contributed by atoms with van der Waals surface area (Å²) in [5.41, 5.74) is 2.75. The molecule has 0 aliphatic heterocycles. The lowest BCUT2D eigenvalue weighted by Gasteiger charge is -2.10. The molecule has 5 nitrogen and oxygen atoms in total. The third-order valence-corrected chi connectivity index (χ3v) is 5.13. The summed E-state index contributed by atoms with van der Waals surface area (Å²) in [6, 6.07) is 13.0. The van der Waals surface area contributed by atoms with E-state index >= 15 is 0 Å². The number of nitrogens with zero attached hydrogens (tertiary/aromatic N) is 3. The maximum atomic E-state index is 12.3. The second-order valence-electron chi connectivity index (χ2n) is 6.26. The number of hydrogen-bond acceptors (Lipinski definition) is 5. The van der Waals surface area contributed by atoms with Gasteiger partial charge in [-0.25, -0.2) is 4.98 Å². The van der Waals surface area contributed by atoms with Gasteiger partial charge >= 0.3 is 0 Å². The van der Waals surface area contributed by atoms with Crippen molar-refractivity contribution >= 4 is 17.4 Å². The van der Waals surface area contributed by atoms with Gasteiger partial charge < -0.3 is 5.32 Å². The lowest BCUT2D eigenvalue weighted by molar-refractivity contribution is 0.0940. The van der Waals surface area contributed by atoms with Crippen LogP contribution in [0.1, 0.15) is 52.8 Å². The molecule has 0 bridgehead atoms. The summed E-state index contributed by atoms with van der Waals surface area (Å²) in [5, 5.41) is 3.77. The third kappa shape index (κ3) is 3.58. The van der Waals surface area contributed by atoms with Gasteiger partial charge in [0.1, 0.15) is 5.01 Å². The summed E-state index contributed by atoms with van der Waals surface area (Å²) in [5.74, 6) is 1.19. The van der Waals surface area contributed by atoms with E-state index in [1.807, 2.05) is 37.4 Å². The van der Waals surface area contributed by atoms with E-state index in [1.165, 1.54) is 24.4 Å². The minimum absolute atomic E-state index is 0.107. The number of rotatable bonds is 5. The van der Waals surface area contributed by atoms with Crippen LogP contribution < -0.4 is 5.32 Å². The molecule has 4 rings (SSSR count). The summed E-state index contributed by atoms with van der Waals surface area (Å²) in [4.78, 5) is 21.3. The molecule has 1 amide bonds. The van der Waals surface area contributed by atoms with Crippen molar-refractivity contribution in [1.82, 2.24) is 19.7 Å². The van der Waals surface area contributed by atoms with Crippen LogP contribution in [0, 0.1) is 0 Å². The van der Waals surface area contributed by atoms with E-state index in [2.05, 4.69) is 25.7 Å². The van der Waals surface area contributed by atoms with Crippen LogP contribution in [-0.2, 0) is 0 Å². The highest BCUT2D eigenvalue weighted by atomic mass is 32.1. The minimum Gasteiger partial charge on any atom is -0.343 e. The third-order valence-electron chi connectivity index (χ3n) is 4.23. The van der Waals surface area contributed by atoms with Crippen molar-refractivity contribution in [2.24, 2.45) is 0 Å². The van der Waals surface area contributed by atoms with Crippen molar-refractivity contribution in [3.63, 3.8) is 0 Å². The highest BCUT2D eigenvalue weighted by molar-refractivity contribution is 7.05. The predicted octanol–water partition coefficient (Wildman–Crippen LogP) is 3.97. The van der Waals surface area contributed by atoms with Gasteiger partial charge in [-0.3, -0.25) is 9.78 Å². The van der Waals surface area contributed by atoms with Crippen LogP contribution in [-0.4, -0.2) is 20.2 Å². The zero-order chi connectivity index (χ0) is 17.2. The van der Waals surface area contributed by atoms with Crippen molar-refractivity contribution < 1.29 is 4.79 Å². The molecule has 1 N–H and O–H groups in total. The molecule has 25 heavy (non-hydrogen) atoms. The van der Waals surface area contributed by atoms with Crippen LogP contribution in [0.4, 0.5) is 0 Å². The van der Waals surface area contributed by atoms with Crippen LogP contribution in [0.5, 0.6) is 0 Å². The SMILES string of the molecule is CC(NC(=O)c1ccccc1)c1nc(-c2ccnc(C3CC3)c2)ns1. The average molecular weight is 350 g/mol. The number of benzene rings is 1. The fraction of sp³-hybridized carbons (Fsp3) is 0.263. The molecule has 1 unspecified atom stereocenters. The topological polar surface area (TPSA) is 67.8 Å². The lowest BCUT2D eigenvalue weighted by atomic mass is 10.1. The first-order chi connectivity index (χ1) is 12.2. The Labute approximate surface area is 150 Å². The molecule has 2 heterocycles. The molecule has 1 aromatic carbocycles. The van der Waals surface area contributed by atoms with Gasteiger partial charge in [0.2, 0.25) is 0 Å². The van der Waals surface area contributed by atoms with E-state index < -0.39 is 0 Å². The molecule has 3 aromatic rings. The van der Waals surface area contributed by atoms with Crippen molar-refractivity contribution in [2.45, 2.75) is 31.7 Å². The Morgan fingerprint density at radius 2 is 2.04 bits per heavy atom. The molecule has 6 heteroatoms. The number of hydrogen-bond donors (Lipinski definition) is 1. The number of aromatic nitrogens is 3. The van der Waals surface area contributed by atoms with E-state index in [-0.39, 0.29) is 11.9 Å². The van der Waals surface area contributed by atoms with E-state index in [9.17, 15) is 4.79 Å². The van der Waals surface area contributed by atoms with Crippen molar-refractivity contribution in [3.05, 3.63) is 64.9 Å². The summed E-state index contributed by atoms with van der Waals surface area (Å²) in [7, 11) is 0. The van der Waals surface area contributed by atoms with Gasteiger partial charge in [-0.2, -0.15) is 4.37 Å². The van der Waals surface area contributed by atoms with Gasteiger partial charge in [0.05, 0.1) is 6.04 Å². The Bertz CT molecular complexity index is 889. The molecule has 1 saturated carbocycles. The Kier molecular flexibility index (Phi) is 4.28. The van der Waals surface area contributed by atoms with Crippen molar-refractivity contribution in [2.75, 3.05) is 0 Å². The quantitative estimate of drug-likeness (QED) is 0.756. The number of carbonyl (C=O) groups excluding carboxylic acids is 1. The predicted molar refractivity (Wildman–Crippen MR) is 97.4 cm³/mol. The van der Waals surface area contributed by atoms with Crippen molar-refractivity contribution in [1.29, 1.82) is 0 Å². The van der Waals surface area contributed by atoms with Gasteiger partial charge in [-0.1, -0.05) is 18.2 Å². The van der Waals surface area contributed by atoms with Gasteiger partial charge in [0, 0.05) is 28.9 Å². The first-order valence-electron chi connectivity index (χ1n) is 8.36. The highest BCUT2D eigenvalue weighted by Crippen LogP contribution is 2.39. The fourth-order valence-electron chi connectivity index (χ4n) is 2.65. The number of amides is 1. The van der Waals surface area contributed by atoms with Crippen LogP contribution >= 0.6 is 11.5 Å². The smallest absolute Gasteiger partial charge is 0.251 e. The van der Waals surface area contributed by atoms with Crippen LogP contribution in [0.25, 0.3) is 11.4 Å². The molecule has 1 aliphatic rings. The monoisotopic (exact) mass is 350 g/mol. The zero-order valence-corrected chi connectivity index (χ0v) is 14.7. The normalized spacial score (nSPS) is 14.9. The first-order valence-corrected chi connectivity index (χ1v) is 9.14. The standard InChI is InChI=1S/C19H18N4OS/c1-12(21-18(24)14-5-3-2-4-6-14)19-22-17(23-25-19)15-9-10-20-16(11-15)13-7-8-13/h2-6,9-13H,7-8H2,1H3,(H,21,24). The van der Waals surface area contributed by atoms with Crippen LogP contribution in [0.2, 0.25) is 0 Å². The summed E-state index contributed by atoms with van der Waals surface area (Å²) in [6.45, 7) is 1.92. The number of nitrogens with one attached hydrogen (secondary N) is 1. The summed E-state index contributed by atoms with van der Waals surface area (Å²) in [6.07, 6.45) is 4.26. The molecule has 2 aromatic heterocycles. The maximum Gasteiger partial charge on any atom is 0.251 e. The summed E-state index contributed by atoms with van der Waals surface area (Å²) < 4.78 is 4.46.